The number of hydrogen-bond acceptors (Lipinski definition) is 3. The number of aryl methyl sites for hydroxylation is 1. The number of nitro groups is 1. The summed E-state index contributed by atoms with van der Waals surface area (Å²) in [7, 11) is 0. The molecule has 90 valence electrons. The van der Waals surface area contributed by atoms with Gasteiger partial charge in [-0.2, -0.15) is 11.8 Å². The third-order valence-corrected chi connectivity index (χ3v) is 3.43. The molecule has 0 saturated heterocycles. The first kappa shape index (κ1) is 12.0. The minimum Gasteiger partial charge on any atom is -0.347 e. The highest BCUT2D eigenvalue weighted by molar-refractivity contribution is 7.98. The second-order valence-corrected chi connectivity index (χ2v) is 4.81. The molecule has 0 aliphatic rings. The van der Waals surface area contributed by atoms with Gasteiger partial charge < -0.3 is 4.57 Å². The molecule has 1 heterocycles. The van der Waals surface area contributed by atoms with E-state index in [9.17, 15) is 10.1 Å². The van der Waals surface area contributed by atoms with E-state index in [1.54, 1.807) is 12.1 Å². The van der Waals surface area contributed by atoms with Crippen LogP contribution < -0.4 is 0 Å². The standard InChI is InChI=1S/C12H14N2O2S/c1-17-9-3-7-13-8-6-10-11(13)4-2-5-12(10)14(15)16/h2,4-6,8H,3,7,9H2,1H3. The van der Waals surface area contributed by atoms with E-state index < -0.39 is 0 Å². The molecule has 0 unspecified atom stereocenters. The monoisotopic (exact) mass is 250 g/mol. The summed E-state index contributed by atoms with van der Waals surface area (Å²) in [6, 6.07) is 7.05. The van der Waals surface area contributed by atoms with Crippen molar-refractivity contribution in [3.05, 3.63) is 40.6 Å². The molecule has 17 heavy (non-hydrogen) atoms. The highest BCUT2D eigenvalue weighted by Crippen LogP contribution is 2.26. The van der Waals surface area contributed by atoms with Gasteiger partial charge >= 0.3 is 0 Å². The molecule has 0 amide bonds. The number of fused-ring (bicyclic) bond motifs is 1. The van der Waals surface area contributed by atoms with Gasteiger partial charge in [-0.25, -0.2) is 0 Å². The van der Waals surface area contributed by atoms with E-state index in [4.69, 9.17) is 0 Å². The Morgan fingerprint density at radius 1 is 1.41 bits per heavy atom. The van der Waals surface area contributed by atoms with E-state index in [0.717, 1.165) is 29.6 Å². The van der Waals surface area contributed by atoms with Crippen molar-refractivity contribution >= 4 is 28.4 Å². The van der Waals surface area contributed by atoms with E-state index >= 15 is 0 Å². The number of nitrogens with zero attached hydrogens (tertiary/aromatic N) is 2. The number of non-ortho nitro benzene ring substituents is 1. The van der Waals surface area contributed by atoms with Crippen LogP contribution in [0.3, 0.4) is 0 Å². The Bertz CT molecular complexity index is 536. The Kier molecular flexibility index (Phi) is 3.68. The largest absolute Gasteiger partial charge is 0.347 e. The number of benzene rings is 1. The fraction of sp³-hybridized carbons (Fsp3) is 0.333. The normalized spacial score (nSPS) is 10.9. The van der Waals surface area contributed by atoms with Crippen LogP contribution >= 0.6 is 11.8 Å². The molecule has 0 fully saturated rings. The Balaban J connectivity index is 2.34. The van der Waals surface area contributed by atoms with Crippen molar-refractivity contribution in [1.82, 2.24) is 4.57 Å². The molecule has 2 aromatic rings. The van der Waals surface area contributed by atoms with Gasteiger partial charge in [0, 0.05) is 18.8 Å². The van der Waals surface area contributed by atoms with E-state index in [0.29, 0.717) is 0 Å². The van der Waals surface area contributed by atoms with Crippen molar-refractivity contribution in [2.24, 2.45) is 0 Å². The minimum atomic E-state index is -0.325. The predicted molar refractivity (Wildman–Crippen MR) is 71.6 cm³/mol. The fourth-order valence-electron chi connectivity index (χ4n) is 1.94. The van der Waals surface area contributed by atoms with E-state index in [2.05, 4.69) is 10.8 Å². The molecule has 4 nitrogen and oxygen atoms in total. The molecule has 0 N–H and O–H groups in total. The topological polar surface area (TPSA) is 48.1 Å². The van der Waals surface area contributed by atoms with Gasteiger partial charge in [-0.3, -0.25) is 10.1 Å². The van der Waals surface area contributed by atoms with E-state index in [1.807, 2.05) is 30.1 Å². The van der Waals surface area contributed by atoms with Gasteiger partial charge in [0.1, 0.15) is 0 Å². The zero-order valence-corrected chi connectivity index (χ0v) is 10.4. The molecule has 0 aliphatic heterocycles. The Hall–Kier alpha value is -1.49. The summed E-state index contributed by atoms with van der Waals surface area (Å²) in [5.74, 6) is 1.11. The van der Waals surface area contributed by atoms with Gasteiger partial charge in [0.2, 0.25) is 0 Å². The van der Waals surface area contributed by atoms with Gasteiger partial charge in [0.15, 0.2) is 0 Å². The third kappa shape index (κ3) is 2.44. The molecule has 5 heteroatoms. The summed E-state index contributed by atoms with van der Waals surface area (Å²) < 4.78 is 2.08. The van der Waals surface area contributed by atoms with Crippen molar-refractivity contribution in [3.63, 3.8) is 0 Å². The predicted octanol–water partition coefficient (Wildman–Crippen LogP) is 3.30. The molecule has 1 aromatic carbocycles. The van der Waals surface area contributed by atoms with Gasteiger partial charge in [0.05, 0.1) is 15.8 Å². The van der Waals surface area contributed by atoms with Gasteiger partial charge in [-0.05, 0) is 30.6 Å². The molecule has 1 aromatic heterocycles. The Morgan fingerprint density at radius 2 is 2.24 bits per heavy atom. The van der Waals surface area contributed by atoms with Crippen LogP contribution in [0.5, 0.6) is 0 Å². The smallest absolute Gasteiger partial charge is 0.278 e. The maximum Gasteiger partial charge on any atom is 0.278 e. The van der Waals surface area contributed by atoms with Gasteiger partial charge in [-0.15, -0.1) is 0 Å². The first-order valence-electron chi connectivity index (χ1n) is 5.45. The van der Waals surface area contributed by atoms with Crippen molar-refractivity contribution in [2.45, 2.75) is 13.0 Å². The average molecular weight is 250 g/mol. The summed E-state index contributed by atoms with van der Waals surface area (Å²) >= 11 is 1.82. The lowest BCUT2D eigenvalue weighted by molar-refractivity contribution is -0.383. The SMILES string of the molecule is CSCCCn1ccc2c([N+](=O)[O-])cccc21. The van der Waals surface area contributed by atoms with E-state index in [1.165, 1.54) is 0 Å². The zero-order valence-electron chi connectivity index (χ0n) is 9.63. The molecule has 0 saturated carbocycles. The lowest BCUT2D eigenvalue weighted by Crippen LogP contribution is -1.97. The van der Waals surface area contributed by atoms with E-state index in [-0.39, 0.29) is 10.6 Å². The molecule has 2 rings (SSSR count). The lowest BCUT2D eigenvalue weighted by Gasteiger charge is -2.04. The van der Waals surface area contributed by atoms with Crippen molar-refractivity contribution in [2.75, 3.05) is 12.0 Å². The van der Waals surface area contributed by atoms with Gasteiger partial charge in [-0.1, -0.05) is 6.07 Å². The van der Waals surface area contributed by atoms with Crippen LogP contribution in [0.4, 0.5) is 5.69 Å². The third-order valence-electron chi connectivity index (χ3n) is 2.73. The highest BCUT2D eigenvalue weighted by atomic mass is 32.2. The summed E-state index contributed by atoms with van der Waals surface area (Å²) in [6.45, 7) is 0.908. The van der Waals surface area contributed by atoms with Crippen LogP contribution in [0.15, 0.2) is 30.5 Å². The molecule has 0 bridgehead atoms. The lowest BCUT2D eigenvalue weighted by atomic mass is 10.2. The quantitative estimate of drug-likeness (QED) is 0.464. The molecular weight excluding hydrogens is 236 g/mol. The van der Waals surface area contributed by atoms with Crippen LogP contribution in [-0.4, -0.2) is 21.5 Å². The fourth-order valence-corrected chi connectivity index (χ4v) is 2.36. The maximum absolute atomic E-state index is 10.9. The average Bonchev–Trinajstić information content (AvgIpc) is 2.72. The van der Waals surface area contributed by atoms with Crippen LogP contribution in [-0.2, 0) is 6.54 Å². The van der Waals surface area contributed by atoms with Crippen LogP contribution in [0.1, 0.15) is 6.42 Å². The molecule has 0 radical (unpaired) electrons. The maximum atomic E-state index is 10.9. The number of aromatic nitrogens is 1. The summed E-state index contributed by atoms with van der Waals surface area (Å²) in [5, 5.41) is 11.6. The summed E-state index contributed by atoms with van der Waals surface area (Å²) in [5.41, 5.74) is 1.13. The zero-order chi connectivity index (χ0) is 12.3. The van der Waals surface area contributed by atoms with Crippen molar-refractivity contribution in [1.29, 1.82) is 0 Å². The van der Waals surface area contributed by atoms with Gasteiger partial charge in [0.25, 0.3) is 5.69 Å². The van der Waals surface area contributed by atoms with Crippen LogP contribution in [0, 0.1) is 10.1 Å². The summed E-state index contributed by atoms with van der Waals surface area (Å²) in [4.78, 5) is 10.6. The minimum absolute atomic E-state index is 0.186. The second-order valence-electron chi connectivity index (χ2n) is 3.82. The molecular formula is C12H14N2O2S. The Labute approximate surface area is 104 Å². The molecule has 0 aliphatic carbocycles. The number of hydrogen-bond donors (Lipinski definition) is 0. The second kappa shape index (κ2) is 5.23. The highest BCUT2D eigenvalue weighted by Gasteiger charge is 2.13. The van der Waals surface area contributed by atoms with Crippen LogP contribution in [0.25, 0.3) is 10.9 Å². The van der Waals surface area contributed by atoms with Crippen LogP contribution in [0.2, 0.25) is 0 Å². The number of nitro benzene ring substituents is 1. The first-order valence-corrected chi connectivity index (χ1v) is 6.84. The van der Waals surface area contributed by atoms with Crippen molar-refractivity contribution < 1.29 is 4.92 Å². The number of thioether (sulfide) groups is 1. The van der Waals surface area contributed by atoms with Crippen molar-refractivity contribution in [3.8, 4) is 0 Å². The Morgan fingerprint density at radius 3 is 2.94 bits per heavy atom. The summed E-state index contributed by atoms with van der Waals surface area (Å²) in [6.07, 6.45) is 5.09. The first-order chi connectivity index (χ1) is 8.24. The molecule has 0 atom stereocenters. The number of rotatable bonds is 5. The molecule has 0 spiro atoms.